The van der Waals surface area contributed by atoms with E-state index in [9.17, 15) is 18.0 Å². The molecular weight excluding hydrogens is 365 g/mol. The SMILES string of the molecule is O=C(NCCc1cccc(C(F)(F)F)c1)C1[C@H]2CN(Cc3ccccc3)C[C@@H]12. The molecule has 1 heterocycles. The van der Waals surface area contributed by atoms with E-state index in [1.165, 1.54) is 11.6 Å². The van der Waals surface area contributed by atoms with Crippen LogP contribution in [-0.4, -0.2) is 30.4 Å². The molecule has 1 saturated heterocycles. The Hall–Kier alpha value is -2.34. The van der Waals surface area contributed by atoms with Gasteiger partial charge in [0.1, 0.15) is 0 Å². The summed E-state index contributed by atoms with van der Waals surface area (Å²) >= 11 is 0. The summed E-state index contributed by atoms with van der Waals surface area (Å²) in [6.07, 6.45) is -3.94. The van der Waals surface area contributed by atoms with Crippen LogP contribution in [-0.2, 0) is 23.9 Å². The molecule has 2 aliphatic rings. The van der Waals surface area contributed by atoms with E-state index in [1.807, 2.05) is 18.2 Å². The molecule has 0 radical (unpaired) electrons. The number of carbonyl (C=O) groups is 1. The number of piperidine rings is 1. The van der Waals surface area contributed by atoms with Crippen LogP contribution in [0.3, 0.4) is 0 Å². The van der Waals surface area contributed by atoms with Gasteiger partial charge in [0, 0.05) is 32.1 Å². The van der Waals surface area contributed by atoms with Crippen molar-refractivity contribution in [3.05, 3.63) is 71.3 Å². The van der Waals surface area contributed by atoms with Crippen LogP contribution in [0.4, 0.5) is 13.2 Å². The van der Waals surface area contributed by atoms with E-state index in [-0.39, 0.29) is 11.8 Å². The van der Waals surface area contributed by atoms with Crippen LogP contribution in [0.1, 0.15) is 16.7 Å². The first-order valence-corrected chi connectivity index (χ1v) is 9.62. The number of nitrogens with zero attached hydrogens (tertiary/aromatic N) is 1. The van der Waals surface area contributed by atoms with Crippen molar-refractivity contribution in [1.29, 1.82) is 0 Å². The minimum Gasteiger partial charge on any atom is -0.356 e. The molecule has 0 bridgehead atoms. The van der Waals surface area contributed by atoms with Crippen molar-refractivity contribution in [2.45, 2.75) is 19.1 Å². The minimum atomic E-state index is -4.34. The first-order chi connectivity index (χ1) is 13.4. The Balaban J connectivity index is 1.21. The van der Waals surface area contributed by atoms with Gasteiger partial charge in [0.15, 0.2) is 0 Å². The summed E-state index contributed by atoms with van der Waals surface area (Å²) in [5.41, 5.74) is 1.22. The summed E-state index contributed by atoms with van der Waals surface area (Å²) in [5, 5.41) is 2.91. The fourth-order valence-electron chi connectivity index (χ4n) is 4.32. The number of halogens is 3. The quantitative estimate of drug-likeness (QED) is 0.818. The third-order valence-electron chi connectivity index (χ3n) is 5.79. The Morgan fingerprint density at radius 3 is 2.36 bits per heavy atom. The minimum absolute atomic E-state index is 0.0429. The van der Waals surface area contributed by atoms with Crippen LogP contribution in [0.15, 0.2) is 54.6 Å². The van der Waals surface area contributed by atoms with Gasteiger partial charge in [-0.25, -0.2) is 0 Å². The molecule has 2 aromatic rings. The number of rotatable bonds is 6. The number of likely N-dealkylation sites (tertiary alicyclic amines) is 1. The van der Waals surface area contributed by atoms with E-state index in [1.54, 1.807) is 6.07 Å². The van der Waals surface area contributed by atoms with Gasteiger partial charge >= 0.3 is 6.18 Å². The first kappa shape index (κ1) is 19.0. The fourth-order valence-corrected chi connectivity index (χ4v) is 4.32. The molecule has 4 rings (SSSR count). The lowest BCUT2D eigenvalue weighted by atomic mass is 10.1. The van der Waals surface area contributed by atoms with Crippen molar-refractivity contribution in [2.24, 2.45) is 17.8 Å². The molecule has 3 nitrogen and oxygen atoms in total. The second kappa shape index (κ2) is 7.59. The highest BCUT2D eigenvalue weighted by Crippen LogP contribution is 2.52. The maximum atomic E-state index is 12.8. The molecule has 0 spiro atoms. The largest absolute Gasteiger partial charge is 0.416 e. The summed E-state index contributed by atoms with van der Waals surface area (Å²) in [4.78, 5) is 14.8. The number of alkyl halides is 3. The lowest BCUT2D eigenvalue weighted by Gasteiger charge is -2.19. The molecule has 1 aliphatic heterocycles. The summed E-state index contributed by atoms with van der Waals surface area (Å²) in [6, 6.07) is 15.6. The summed E-state index contributed by atoms with van der Waals surface area (Å²) in [5.74, 6) is 0.935. The van der Waals surface area contributed by atoms with Crippen molar-refractivity contribution < 1.29 is 18.0 Å². The molecule has 1 aliphatic carbocycles. The summed E-state index contributed by atoms with van der Waals surface area (Å²) in [7, 11) is 0. The number of fused-ring (bicyclic) bond motifs is 1. The van der Waals surface area contributed by atoms with Crippen molar-refractivity contribution in [1.82, 2.24) is 10.2 Å². The number of hydrogen-bond donors (Lipinski definition) is 1. The topological polar surface area (TPSA) is 32.3 Å². The van der Waals surface area contributed by atoms with Gasteiger partial charge in [-0.2, -0.15) is 13.2 Å². The van der Waals surface area contributed by atoms with Crippen molar-refractivity contribution in [3.63, 3.8) is 0 Å². The van der Waals surface area contributed by atoms with Gasteiger partial charge in [-0.05, 0) is 35.4 Å². The third-order valence-corrected chi connectivity index (χ3v) is 5.79. The average Bonchev–Trinajstić information content (AvgIpc) is 3.18. The molecule has 6 heteroatoms. The van der Waals surface area contributed by atoms with Crippen LogP contribution in [0.25, 0.3) is 0 Å². The fraction of sp³-hybridized carbons (Fsp3) is 0.409. The van der Waals surface area contributed by atoms with E-state index < -0.39 is 11.7 Å². The zero-order chi connectivity index (χ0) is 19.7. The van der Waals surface area contributed by atoms with Crippen LogP contribution in [0.2, 0.25) is 0 Å². The van der Waals surface area contributed by atoms with Crippen LogP contribution < -0.4 is 5.32 Å². The summed E-state index contributed by atoms with van der Waals surface area (Å²) in [6.45, 7) is 3.15. The van der Waals surface area contributed by atoms with Gasteiger partial charge in [-0.3, -0.25) is 9.69 Å². The molecule has 1 unspecified atom stereocenters. The van der Waals surface area contributed by atoms with Gasteiger partial charge in [0.05, 0.1) is 5.56 Å². The molecule has 2 aromatic carbocycles. The smallest absolute Gasteiger partial charge is 0.356 e. The molecular formula is C22H23F3N2O. The lowest BCUT2D eigenvalue weighted by molar-refractivity contribution is -0.137. The number of amides is 1. The highest BCUT2D eigenvalue weighted by Gasteiger charge is 2.58. The molecule has 148 valence electrons. The number of nitrogens with one attached hydrogen (secondary N) is 1. The van der Waals surface area contributed by atoms with Gasteiger partial charge in [0.25, 0.3) is 0 Å². The maximum absolute atomic E-state index is 12.8. The molecule has 2 fully saturated rings. The van der Waals surface area contributed by atoms with Crippen LogP contribution in [0, 0.1) is 17.8 Å². The molecule has 28 heavy (non-hydrogen) atoms. The number of hydrogen-bond acceptors (Lipinski definition) is 2. The predicted octanol–water partition coefficient (Wildman–Crippen LogP) is 3.74. The third kappa shape index (κ3) is 4.22. The zero-order valence-corrected chi connectivity index (χ0v) is 15.5. The second-order valence-corrected chi connectivity index (χ2v) is 7.77. The van der Waals surface area contributed by atoms with Crippen LogP contribution >= 0.6 is 0 Å². The predicted molar refractivity (Wildman–Crippen MR) is 100 cm³/mol. The van der Waals surface area contributed by atoms with E-state index in [0.29, 0.717) is 30.4 Å². The Bertz CT molecular complexity index is 825. The van der Waals surface area contributed by atoms with Gasteiger partial charge in [-0.15, -0.1) is 0 Å². The maximum Gasteiger partial charge on any atom is 0.416 e. The number of benzene rings is 2. The van der Waals surface area contributed by atoms with E-state index in [0.717, 1.165) is 31.8 Å². The van der Waals surface area contributed by atoms with Crippen molar-refractivity contribution in [2.75, 3.05) is 19.6 Å². The highest BCUT2D eigenvalue weighted by molar-refractivity contribution is 5.82. The van der Waals surface area contributed by atoms with Crippen molar-refractivity contribution >= 4 is 5.91 Å². The molecule has 3 atom stereocenters. The molecule has 1 amide bonds. The monoisotopic (exact) mass is 388 g/mol. The zero-order valence-electron chi connectivity index (χ0n) is 15.5. The number of carbonyl (C=O) groups excluding carboxylic acids is 1. The summed E-state index contributed by atoms with van der Waals surface area (Å²) < 4.78 is 38.3. The Labute approximate surface area is 162 Å². The second-order valence-electron chi connectivity index (χ2n) is 7.77. The van der Waals surface area contributed by atoms with Gasteiger partial charge in [-0.1, -0.05) is 48.5 Å². The molecule has 1 saturated carbocycles. The van der Waals surface area contributed by atoms with E-state index in [4.69, 9.17) is 0 Å². The van der Waals surface area contributed by atoms with Crippen LogP contribution in [0.5, 0.6) is 0 Å². The molecule has 0 aromatic heterocycles. The van der Waals surface area contributed by atoms with E-state index >= 15 is 0 Å². The average molecular weight is 388 g/mol. The molecule has 1 N–H and O–H groups in total. The standard InChI is InChI=1S/C22H23F3N2O/c23-22(24,25)17-8-4-7-15(11-17)9-10-26-21(28)20-18-13-27(14-19(18)20)12-16-5-2-1-3-6-16/h1-8,11,18-20H,9-10,12-14H2,(H,26,28)/t18-,19+,20?. The van der Waals surface area contributed by atoms with E-state index in [2.05, 4.69) is 22.3 Å². The highest BCUT2D eigenvalue weighted by atomic mass is 19.4. The van der Waals surface area contributed by atoms with Crippen molar-refractivity contribution in [3.8, 4) is 0 Å². The Kier molecular flexibility index (Phi) is 5.15. The first-order valence-electron chi connectivity index (χ1n) is 9.62. The van der Waals surface area contributed by atoms with Gasteiger partial charge < -0.3 is 5.32 Å². The Morgan fingerprint density at radius 1 is 1.00 bits per heavy atom. The lowest BCUT2D eigenvalue weighted by Crippen LogP contribution is -2.32. The van der Waals surface area contributed by atoms with Gasteiger partial charge in [0.2, 0.25) is 5.91 Å². The normalized spacial score (nSPS) is 24.0. The Morgan fingerprint density at radius 2 is 1.68 bits per heavy atom.